The normalized spacial score (nSPS) is 10.9. The van der Waals surface area contributed by atoms with E-state index in [1.165, 1.54) is 0 Å². The highest BCUT2D eigenvalue weighted by Gasteiger charge is 2.22. The number of hydrogen-bond donors (Lipinski definition) is 1. The van der Waals surface area contributed by atoms with Crippen LogP contribution in [0.1, 0.15) is 30.7 Å². The van der Waals surface area contributed by atoms with Gasteiger partial charge in [0.1, 0.15) is 11.3 Å². The molecular weight excluding hydrogens is 432 g/mol. The number of amides is 1. The van der Waals surface area contributed by atoms with E-state index in [2.05, 4.69) is 29.6 Å². The Morgan fingerprint density at radius 2 is 1.82 bits per heavy atom. The summed E-state index contributed by atoms with van der Waals surface area (Å²) in [6, 6.07) is 17.9. The van der Waals surface area contributed by atoms with Crippen LogP contribution in [0.25, 0.3) is 16.3 Å². The topological polar surface area (TPSA) is 86.1 Å². The predicted molar refractivity (Wildman–Crippen MR) is 130 cm³/mol. The molecule has 174 valence electrons. The van der Waals surface area contributed by atoms with Gasteiger partial charge in [-0.1, -0.05) is 49.4 Å². The number of carbonyl (C=O) groups excluding carboxylic acids is 3. The van der Waals surface area contributed by atoms with E-state index in [4.69, 9.17) is 9.47 Å². The molecule has 0 saturated heterocycles. The van der Waals surface area contributed by atoms with Gasteiger partial charge in [0.2, 0.25) is 6.29 Å². The molecule has 0 aliphatic heterocycles. The number of rotatable bonds is 9. The first kappa shape index (κ1) is 23.0. The van der Waals surface area contributed by atoms with E-state index in [1.54, 1.807) is 13.0 Å². The van der Waals surface area contributed by atoms with E-state index in [1.807, 2.05) is 41.8 Å². The van der Waals surface area contributed by atoms with Crippen LogP contribution < -0.4 is 10.1 Å². The minimum atomic E-state index is -0.751. The number of nitrogens with zero attached hydrogens (tertiary/aromatic N) is 1. The molecule has 4 aromatic rings. The molecular formula is C27H26N2O5. The zero-order valence-electron chi connectivity index (χ0n) is 19.2. The van der Waals surface area contributed by atoms with E-state index >= 15 is 0 Å². The number of esters is 1. The van der Waals surface area contributed by atoms with Crippen LogP contribution in [0.2, 0.25) is 0 Å². The second-order valence-corrected chi connectivity index (χ2v) is 7.76. The summed E-state index contributed by atoms with van der Waals surface area (Å²) in [6.07, 6.45) is 3.36. The first-order valence-corrected chi connectivity index (χ1v) is 11.2. The van der Waals surface area contributed by atoms with E-state index in [0.29, 0.717) is 29.8 Å². The van der Waals surface area contributed by atoms with Crippen LogP contribution in [0, 0.1) is 0 Å². The Balaban J connectivity index is 1.87. The Labute approximate surface area is 197 Å². The molecule has 0 aliphatic rings. The summed E-state index contributed by atoms with van der Waals surface area (Å²) in [4.78, 5) is 35.1. The summed E-state index contributed by atoms with van der Waals surface area (Å²) >= 11 is 0. The van der Waals surface area contributed by atoms with Crippen LogP contribution in [-0.4, -0.2) is 35.8 Å². The molecule has 7 nitrogen and oxygen atoms in total. The number of aldehydes is 1. The lowest BCUT2D eigenvalue weighted by atomic mass is 9.98. The molecule has 4 rings (SSSR count). The molecule has 0 aliphatic carbocycles. The summed E-state index contributed by atoms with van der Waals surface area (Å²) < 4.78 is 12.7. The molecule has 0 atom stereocenters. The molecule has 34 heavy (non-hydrogen) atoms. The van der Waals surface area contributed by atoms with Gasteiger partial charge in [0, 0.05) is 18.3 Å². The number of anilines is 1. The largest absolute Gasteiger partial charge is 0.480 e. The van der Waals surface area contributed by atoms with Crippen molar-refractivity contribution in [2.75, 3.05) is 18.5 Å². The highest BCUT2D eigenvalue weighted by atomic mass is 16.6. The molecule has 1 N–H and O–H groups in total. The van der Waals surface area contributed by atoms with Gasteiger partial charge in [-0.15, -0.1) is 0 Å². The van der Waals surface area contributed by atoms with E-state index in [0.717, 1.165) is 27.6 Å². The van der Waals surface area contributed by atoms with Gasteiger partial charge in [-0.05, 0) is 47.4 Å². The van der Waals surface area contributed by atoms with E-state index in [9.17, 15) is 14.4 Å². The molecule has 0 bridgehead atoms. The second-order valence-electron chi connectivity index (χ2n) is 7.76. The summed E-state index contributed by atoms with van der Waals surface area (Å²) in [7, 11) is 0. The fourth-order valence-corrected chi connectivity index (χ4v) is 4.33. The van der Waals surface area contributed by atoms with Crippen molar-refractivity contribution in [2.45, 2.75) is 26.7 Å². The number of carbonyl (C=O) groups is 3. The van der Waals surface area contributed by atoms with Gasteiger partial charge in [0.25, 0.3) is 5.91 Å². The number of nitrogens with one attached hydrogen (secondary N) is 1. The lowest BCUT2D eigenvalue weighted by Gasteiger charge is -2.11. The smallest absolute Gasteiger partial charge is 0.344 e. The maximum absolute atomic E-state index is 12.1. The molecule has 2 aromatic carbocycles. The van der Waals surface area contributed by atoms with Crippen molar-refractivity contribution < 1.29 is 23.9 Å². The maximum Gasteiger partial charge on any atom is 0.344 e. The fourth-order valence-electron chi connectivity index (χ4n) is 4.33. The minimum absolute atomic E-state index is 0.245. The molecule has 7 heteroatoms. The van der Waals surface area contributed by atoms with Crippen molar-refractivity contribution in [2.24, 2.45) is 0 Å². The van der Waals surface area contributed by atoms with Crippen molar-refractivity contribution in [3.8, 4) is 5.75 Å². The van der Waals surface area contributed by atoms with Crippen LogP contribution in [0.15, 0.2) is 60.8 Å². The molecule has 0 fully saturated rings. The Bertz CT molecular complexity index is 1370. The van der Waals surface area contributed by atoms with Gasteiger partial charge in [-0.25, -0.2) is 4.79 Å². The van der Waals surface area contributed by atoms with Crippen molar-refractivity contribution in [1.29, 1.82) is 0 Å². The number of pyridine rings is 1. The number of fused-ring (bicyclic) bond motifs is 2. The number of hydrogen-bond acceptors (Lipinski definition) is 5. The Kier molecular flexibility index (Phi) is 6.92. The van der Waals surface area contributed by atoms with E-state index < -0.39 is 11.9 Å². The lowest BCUT2D eigenvalue weighted by molar-refractivity contribution is -0.145. The Morgan fingerprint density at radius 3 is 2.59 bits per heavy atom. The summed E-state index contributed by atoms with van der Waals surface area (Å²) in [5.41, 5.74) is 4.11. The predicted octanol–water partition coefficient (Wildman–Crippen LogP) is 4.33. The molecule has 0 spiro atoms. The van der Waals surface area contributed by atoms with Crippen LogP contribution in [0.5, 0.6) is 5.75 Å². The van der Waals surface area contributed by atoms with E-state index in [-0.39, 0.29) is 19.5 Å². The SMILES string of the molecule is CCOC(=O)COc1cccn2c(Cc3cccc4ccccc34)c(CC)c(NC(=O)C=O)c12. The molecule has 0 saturated carbocycles. The van der Waals surface area contributed by atoms with Gasteiger partial charge in [0.05, 0.1) is 12.3 Å². The fraction of sp³-hybridized carbons (Fsp3) is 0.222. The third-order valence-corrected chi connectivity index (χ3v) is 5.73. The second kappa shape index (κ2) is 10.2. The van der Waals surface area contributed by atoms with Crippen molar-refractivity contribution in [3.05, 3.63) is 77.6 Å². The summed E-state index contributed by atoms with van der Waals surface area (Å²) in [6.45, 7) is 3.72. The number of ether oxygens (including phenoxy) is 2. The summed E-state index contributed by atoms with van der Waals surface area (Å²) in [5.74, 6) is -0.823. The van der Waals surface area contributed by atoms with Gasteiger partial charge >= 0.3 is 5.97 Å². The third-order valence-electron chi connectivity index (χ3n) is 5.73. The zero-order valence-corrected chi connectivity index (χ0v) is 19.2. The van der Waals surface area contributed by atoms with Gasteiger partial charge in [-0.3, -0.25) is 9.59 Å². The zero-order chi connectivity index (χ0) is 24.1. The van der Waals surface area contributed by atoms with Crippen LogP contribution in [-0.2, 0) is 32.0 Å². The monoisotopic (exact) mass is 458 g/mol. The molecule has 0 radical (unpaired) electrons. The Morgan fingerprint density at radius 1 is 1.03 bits per heavy atom. The van der Waals surface area contributed by atoms with Crippen molar-refractivity contribution >= 4 is 40.1 Å². The summed E-state index contributed by atoms with van der Waals surface area (Å²) in [5, 5.41) is 5.02. The molecule has 1 amide bonds. The van der Waals surface area contributed by atoms with Crippen LogP contribution >= 0.6 is 0 Å². The van der Waals surface area contributed by atoms with Gasteiger partial charge in [0.15, 0.2) is 6.61 Å². The lowest BCUT2D eigenvalue weighted by Crippen LogP contribution is -2.16. The quantitative estimate of drug-likeness (QED) is 0.229. The van der Waals surface area contributed by atoms with Gasteiger partial charge < -0.3 is 19.2 Å². The van der Waals surface area contributed by atoms with Crippen LogP contribution in [0.4, 0.5) is 5.69 Å². The first-order chi connectivity index (χ1) is 16.6. The average molecular weight is 459 g/mol. The average Bonchev–Trinajstić information content (AvgIpc) is 3.15. The third kappa shape index (κ3) is 4.50. The molecule has 2 heterocycles. The number of aromatic nitrogens is 1. The van der Waals surface area contributed by atoms with Gasteiger partial charge in [-0.2, -0.15) is 0 Å². The van der Waals surface area contributed by atoms with Crippen LogP contribution in [0.3, 0.4) is 0 Å². The molecule has 2 aromatic heterocycles. The van der Waals surface area contributed by atoms with Crippen molar-refractivity contribution in [3.63, 3.8) is 0 Å². The standard InChI is InChI=1S/C27H26N2O5/c1-3-20-22(15-19-11-7-10-18-9-5-6-12-21(18)19)29-14-8-13-23(34-17-25(32)33-4-2)27(29)26(20)28-24(31)16-30/h5-14,16H,3-4,15,17H2,1-2H3,(H,28,31). The maximum atomic E-state index is 12.1. The first-order valence-electron chi connectivity index (χ1n) is 11.2. The minimum Gasteiger partial charge on any atom is -0.480 e. The highest BCUT2D eigenvalue weighted by molar-refractivity contribution is 6.30. The molecule has 0 unspecified atom stereocenters. The highest BCUT2D eigenvalue weighted by Crippen LogP contribution is 2.37. The number of benzene rings is 2. The van der Waals surface area contributed by atoms with Crippen molar-refractivity contribution in [1.82, 2.24) is 4.40 Å². The Hall–Kier alpha value is -4.13.